The van der Waals surface area contributed by atoms with Crippen molar-refractivity contribution in [2.75, 3.05) is 5.32 Å². The minimum atomic E-state index is -4.41. The molecule has 0 atom stereocenters. The summed E-state index contributed by atoms with van der Waals surface area (Å²) in [6.07, 6.45) is 1.88. The Labute approximate surface area is 179 Å². The van der Waals surface area contributed by atoms with Gasteiger partial charge in [0.1, 0.15) is 0 Å². The van der Waals surface area contributed by atoms with Crippen molar-refractivity contribution in [3.05, 3.63) is 48.5 Å². The molecule has 1 aromatic carbocycles. The third-order valence-electron chi connectivity index (χ3n) is 4.75. The number of carbonyl (C=O) groups is 1. The van der Waals surface area contributed by atoms with Gasteiger partial charge in [-0.3, -0.25) is 9.36 Å². The second kappa shape index (κ2) is 7.37. The van der Waals surface area contributed by atoms with Crippen molar-refractivity contribution in [1.29, 1.82) is 0 Å². The number of nitrogens with zero attached hydrogens (tertiary/aromatic N) is 2. The first kappa shape index (κ1) is 19.5. The molecule has 0 saturated heterocycles. The topological polar surface area (TPSA) is 112 Å². The molecular formula is C20H16N3O4PS2. The number of fused-ring (bicyclic) bond motifs is 1. The van der Waals surface area contributed by atoms with Crippen molar-refractivity contribution < 1.29 is 19.1 Å². The van der Waals surface area contributed by atoms with E-state index in [1.165, 1.54) is 28.7 Å². The Morgan fingerprint density at radius 3 is 2.53 bits per heavy atom. The summed E-state index contributed by atoms with van der Waals surface area (Å²) in [5.74, 6) is 0.151. The van der Waals surface area contributed by atoms with Crippen LogP contribution in [0.5, 0.6) is 0 Å². The van der Waals surface area contributed by atoms with Crippen LogP contribution < -0.4 is 10.8 Å². The molecule has 1 aliphatic carbocycles. The van der Waals surface area contributed by atoms with Crippen molar-refractivity contribution in [2.45, 2.75) is 12.8 Å². The summed E-state index contributed by atoms with van der Waals surface area (Å²) in [5.41, 5.74) is 2.09. The van der Waals surface area contributed by atoms with Crippen LogP contribution in [0.25, 0.3) is 31.2 Å². The highest BCUT2D eigenvalue weighted by Crippen LogP contribution is 2.41. The lowest BCUT2D eigenvalue weighted by Crippen LogP contribution is -2.12. The number of nitrogens with one attached hydrogen (secondary N) is 1. The van der Waals surface area contributed by atoms with Gasteiger partial charge in [0.25, 0.3) is 0 Å². The van der Waals surface area contributed by atoms with Gasteiger partial charge in [-0.15, -0.1) is 11.3 Å². The van der Waals surface area contributed by atoms with Gasteiger partial charge in [-0.2, -0.15) is 0 Å². The van der Waals surface area contributed by atoms with Crippen LogP contribution in [-0.4, -0.2) is 25.7 Å². The van der Waals surface area contributed by atoms with E-state index in [-0.39, 0.29) is 17.3 Å². The normalized spacial score (nSPS) is 14.2. The first-order chi connectivity index (χ1) is 14.4. The zero-order valence-electron chi connectivity index (χ0n) is 15.5. The second-order valence-electron chi connectivity index (χ2n) is 7.03. The van der Waals surface area contributed by atoms with Gasteiger partial charge in [-0.05, 0) is 43.2 Å². The highest BCUT2D eigenvalue weighted by molar-refractivity contribution is 7.60. The van der Waals surface area contributed by atoms with Gasteiger partial charge in [0.05, 0.1) is 20.8 Å². The first-order valence-corrected chi connectivity index (χ1v) is 12.5. The van der Waals surface area contributed by atoms with Crippen LogP contribution in [0.4, 0.5) is 5.13 Å². The number of hydrogen-bond acceptors (Lipinski definition) is 6. The minimum absolute atomic E-state index is 0.0324. The molecular weight excluding hydrogens is 441 g/mol. The van der Waals surface area contributed by atoms with Crippen LogP contribution in [-0.2, 0) is 9.36 Å². The fraction of sp³-hybridized carbons (Fsp3) is 0.150. The molecule has 4 aromatic rings. The molecule has 7 nitrogen and oxygen atoms in total. The second-order valence-corrected chi connectivity index (χ2v) is 10.7. The Bertz CT molecular complexity index is 1320. The highest BCUT2D eigenvalue weighted by atomic mass is 32.1. The molecule has 1 amide bonds. The lowest BCUT2D eigenvalue weighted by molar-refractivity contribution is -0.117. The molecule has 3 heterocycles. The van der Waals surface area contributed by atoms with Crippen molar-refractivity contribution in [2.24, 2.45) is 5.92 Å². The molecule has 10 heteroatoms. The zero-order chi connectivity index (χ0) is 20.9. The number of hydrogen-bond donors (Lipinski definition) is 3. The number of amides is 1. The van der Waals surface area contributed by atoms with Crippen LogP contribution in [0.1, 0.15) is 12.8 Å². The third-order valence-corrected chi connectivity index (χ3v) is 7.76. The summed E-state index contributed by atoms with van der Waals surface area (Å²) < 4.78 is 12.5. The molecule has 0 unspecified atom stereocenters. The van der Waals surface area contributed by atoms with E-state index in [0.29, 0.717) is 10.8 Å². The van der Waals surface area contributed by atoms with Crippen LogP contribution in [0.3, 0.4) is 0 Å². The first-order valence-electron chi connectivity index (χ1n) is 9.23. The quantitative estimate of drug-likeness (QED) is 0.387. The fourth-order valence-electron chi connectivity index (χ4n) is 3.09. The number of rotatable bonds is 5. The Hall–Kier alpha value is -2.42. The molecule has 3 aromatic heterocycles. The van der Waals surface area contributed by atoms with E-state index in [1.807, 2.05) is 30.3 Å². The number of pyridine rings is 1. The fourth-order valence-corrected chi connectivity index (χ4v) is 5.68. The summed E-state index contributed by atoms with van der Waals surface area (Å²) in [4.78, 5) is 41.3. The average molecular weight is 457 g/mol. The molecule has 0 aliphatic heterocycles. The largest absolute Gasteiger partial charge is 0.374 e. The number of thiophene rings is 1. The average Bonchev–Trinajstić information content (AvgIpc) is 3.31. The van der Waals surface area contributed by atoms with Gasteiger partial charge >= 0.3 is 7.60 Å². The van der Waals surface area contributed by atoms with Crippen LogP contribution in [0.15, 0.2) is 48.5 Å². The molecule has 30 heavy (non-hydrogen) atoms. The highest BCUT2D eigenvalue weighted by Gasteiger charge is 2.30. The van der Waals surface area contributed by atoms with Gasteiger partial charge in [0, 0.05) is 16.4 Å². The van der Waals surface area contributed by atoms with E-state index < -0.39 is 7.60 Å². The monoisotopic (exact) mass is 457 g/mol. The SMILES string of the molecule is O=C(Nc1nc2cccc(-c3ccc(-c4cccc(P(=O)(O)O)n4)s3)c2s1)C1CC1. The predicted molar refractivity (Wildman–Crippen MR) is 119 cm³/mol. The van der Waals surface area contributed by atoms with E-state index in [4.69, 9.17) is 0 Å². The van der Waals surface area contributed by atoms with Crippen molar-refractivity contribution in [1.82, 2.24) is 9.97 Å². The maximum Gasteiger partial charge on any atom is 0.374 e. The maximum atomic E-state index is 12.1. The van der Waals surface area contributed by atoms with E-state index in [9.17, 15) is 19.1 Å². The van der Waals surface area contributed by atoms with Gasteiger partial charge in [-0.25, -0.2) is 9.97 Å². The summed E-state index contributed by atoms with van der Waals surface area (Å²) in [6.45, 7) is 0. The van der Waals surface area contributed by atoms with Gasteiger partial charge in [-0.1, -0.05) is 29.5 Å². The third kappa shape index (κ3) is 3.82. The summed E-state index contributed by atoms with van der Waals surface area (Å²) in [5, 5.41) is 3.51. The smallest absolute Gasteiger partial charge is 0.320 e. The van der Waals surface area contributed by atoms with E-state index >= 15 is 0 Å². The lowest BCUT2D eigenvalue weighted by Gasteiger charge is -2.04. The number of carbonyl (C=O) groups excluding carboxylic acids is 1. The molecule has 1 aliphatic rings. The molecule has 0 bridgehead atoms. The van der Waals surface area contributed by atoms with Crippen molar-refractivity contribution >= 4 is 57.0 Å². The number of anilines is 1. The van der Waals surface area contributed by atoms with E-state index in [0.717, 1.165) is 38.4 Å². The lowest BCUT2D eigenvalue weighted by atomic mass is 10.2. The number of thiazole rings is 1. The van der Waals surface area contributed by atoms with Crippen LogP contribution >= 0.6 is 30.3 Å². The molecule has 1 saturated carbocycles. The maximum absolute atomic E-state index is 12.1. The van der Waals surface area contributed by atoms with Gasteiger partial charge in [0.15, 0.2) is 10.6 Å². The Balaban J connectivity index is 1.49. The summed E-state index contributed by atoms with van der Waals surface area (Å²) in [6, 6.07) is 14.3. The van der Waals surface area contributed by atoms with Crippen LogP contribution in [0, 0.1) is 5.92 Å². The predicted octanol–water partition coefficient (Wildman–Crippen LogP) is 4.24. The van der Waals surface area contributed by atoms with Crippen LogP contribution in [0.2, 0.25) is 0 Å². The number of aromatic nitrogens is 2. The zero-order valence-corrected chi connectivity index (χ0v) is 18.0. The standard InChI is InChI=1S/C20H16N3O4PS2/c24-19(11-7-8-11)23-20-22-14-5-1-3-12(18(14)30-20)15-9-10-16(29-15)13-4-2-6-17(21-13)28(25,26)27/h1-6,9-11H,7-8H2,(H,22,23,24)(H2,25,26,27). The Kier molecular flexibility index (Phi) is 4.80. The minimum Gasteiger partial charge on any atom is -0.320 e. The number of benzene rings is 1. The molecule has 0 radical (unpaired) electrons. The van der Waals surface area contributed by atoms with E-state index in [2.05, 4.69) is 15.3 Å². The molecule has 3 N–H and O–H groups in total. The molecule has 5 rings (SSSR count). The van der Waals surface area contributed by atoms with E-state index in [1.54, 1.807) is 12.1 Å². The van der Waals surface area contributed by atoms with Crippen molar-refractivity contribution in [3.8, 4) is 21.0 Å². The Morgan fingerprint density at radius 1 is 1.00 bits per heavy atom. The summed E-state index contributed by atoms with van der Waals surface area (Å²) in [7, 11) is -4.41. The van der Waals surface area contributed by atoms with Crippen molar-refractivity contribution in [3.63, 3.8) is 0 Å². The van der Waals surface area contributed by atoms with Gasteiger partial charge < -0.3 is 15.1 Å². The molecule has 152 valence electrons. The summed E-state index contributed by atoms with van der Waals surface area (Å²) >= 11 is 2.94. The van der Waals surface area contributed by atoms with Gasteiger partial charge in [0.2, 0.25) is 5.91 Å². The molecule has 1 fully saturated rings. The molecule has 0 spiro atoms. The Morgan fingerprint density at radius 2 is 1.77 bits per heavy atom.